The van der Waals surface area contributed by atoms with Crippen molar-refractivity contribution in [3.8, 4) is 17.1 Å². The minimum Gasteiger partial charge on any atom is -0.482 e. The maximum atomic E-state index is 13.0. The highest BCUT2D eigenvalue weighted by Gasteiger charge is 2.25. The number of ether oxygens (including phenoxy) is 1. The molecule has 0 aliphatic heterocycles. The molecule has 4 N–H and O–H groups in total. The van der Waals surface area contributed by atoms with E-state index in [1.165, 1.54) is 16.7 Å². The van der Waals surface area contributed by atoms with E-state index in [1.807, 2.05) is 19.3 Å². The van der Waals surface area contributed by atoms with Crippen molar-refractivity contribution in [2.75, 3.05) is 6.61 Å². The van der Waals surface area contributed by atoms with Crippen molar-refractivity contribution in [3.05, 3.63) is 45.1 Å². The van der Waals surface area contributed by atoms with E-state index in [2.05, 4.69) is 4.98 Å². The first-order valence-electron chi connectivity index (χ1n) is 10.1. The molecule has 32 heavy (non-hydrogen) atoms. The Hall–Kier alpha value is -3.93. The third kappa shape index (κ3) is 4.12. The summed E-state index contributed by atoms with van der Waals surface area (Å²) in [6.45, 7) is 3.70. The molecule has 0 bridgehead atoms. The second-order valence-electron chi connectivity index (χ2n) is 6.99. The van der Waals surface area contributed by atoms with Crippen molar-refractivity contribution < 1.29 is 19.4 Å². The van der Waals surface area contributed by atoms with Crippen LogP contribution >= 0.6 is 0 Å². The minimum atomic E-state index is -1.12. The molecule has 0 spiro atoms. The van der Waals surface area contributed by atoms with E-state index in [0.717, 1.165) is 9.13 Å². The molecule has 0 radical (unpaired) electrons. The van der Waals surface area contributed by atoms with Gasteiger partial charge in [-0.1, -0.05) is 13.8 Å². The number of amides is 1. The second-order valence-corrected chi connectivity index (χ2v) is 6.99. The number of nitrogens with one attached hydrogen (secondary N) is 1. The van der Waals surface area contributed by atoms with Gasteiger partial charge in [-0.2, -0.15) is 0 Å². The van der Waals surface area contributed by atoms with Gasteiger partial charge in [0.1, 0.15) is 5.75 Å². The van der Waals surface area contributed by atoms with Gasteiger partial charge >= 0.3 is 17.7 Å². The number of carboxylic acid groups (broad SMARTS) is 1. The maximum Gasteiger partial charge on any atom is 0.343 e. The van der Waals surface area contributed by atoms with Crippen molar-refractivity contribution >= 4 is 23.2 Å². The van der Waals surface area contributed by atoms with Gasteiger partial charge in [0.05, 0.1) is 0 Å². The number of carbonyl (C=O) groups is 2. The van der Waals surface area contributed by atoms with Gasteiger partial charge in [-0.15, -0.1) is 0 Å². The van der Waals surface area contributed by atoms with Crippen LogP contribution in [0.5, 0.6) is 5.75 Å². The number of nitrogens with zero attached hydrogens (tertiary/aromatic N) is 4. The smallest absolute Gasteiger partial charge is 0.343 e. The summed E-state index contributed by atoms with van der Waals surface area (Å²) < 4.78 is 8.68. The summed E-state index contributed by atoms with van der Waals surface area (Å²) in [6.07, 6.45) is 1.15. The van der Waals surface area contributed by atoms with Crippen LogP contribution in [0.4, 0.5) is 4.79 Å². The van der Waals surface area contributed by atoms with Crippen LogP contribution in [-0.4, -0.2) is 42.4 Å². The number of aliphatic carboxylic acids is 1. The van der Waals surface area contributed by atoms with E-state index < -0.39 is 29.9 Å². The molecule has 2 aromatic heterocycles. The van der Waals surface area contributed by atoms with Crippen molar-refractivity contribution in [1.29, 1.82) is 0 Å². The van der Waals surface area contributed by atoms with Gasteiger partial charge in [-0.3, -0.25) is 19.4 Å². The molecule has 3 rings (SSSR count). The molecule has 1 aromatic carbocycles. The van der Waals surface area contributed by atoms with E-state index >= 15 is 0 Å². The molecule has 12 heteroatoms. The molecular weight excluding hydrogens is 420 g/mol. The Balaban J connectivity index is 2.29. The standard InChI is InChI=1S/C20H24N6O6/c1-3-9-24-17-15(18(29)25(10-4-2)20(24)31)22-16(26(17)19(30)23-21)12-5-7-13(8-6-12)32-11-14(27)28/h5-8H,3-4,9-11,21H2,1-2H3,(H,23,30)(H,27,28). The molecule has 0 aliphatic carbocycles. The number of carboxylic acids is 1. The Morgan fingerprint density at radius 2 is 1.72 bits per heavy atom. The lowest BCUT2D eigenvalue weighted by Gasteiger charge is -2.13. The molecule has 2 heterocycles. The van der Waals surface area contributed by atoms with Crippen LogP contribution < -0.4 is 27.3 Å². The molecule has 0 fully saturated rings. The highest BCUT2D eigenvalue weighted by molar-refractivity contribution is 5.92. The number of imidazole rings is 1. The van der Waals surface area contributed by atoms with E-state index in [9.17, 15) is 19.2 Å². The van der Waals surface area contributed by atoms with Crippen LogP contribution in [0.1, 0.15) is 26.7 Å². The Kier molecular flexibility index (Phi) is 6.73. The van der Waals surface area contributed by atoms with Crippen LogP contribution in [0.2, 0.25) is 0 Å². The van der Waals surface area contributed by atoms with E-state index in [-0.39, 0.29) is 30.1 Å². The first-order chi connectivity index (χ1) is 15.3. The summed E-state index contributed by atoms with van der Waals surface area (Å²) >= 11 is 0. The number of nitrogens with two attached hydrogens (primary N) is 1. The SMILES string of the molecule is CCCn1c(=O)c2nc(-c3ccc(OCC(=O)O)cc3)n(C(=O)NN)c2n(CCC)c1=O. The number of aromatic nitrogens is 4. The number of aryl methyl sites for hydroxylation is 1. The summed E-state index contributed by atoms with van der Waals surface area (Å²) in [6, 6.07) is 5.37. The molecule has 0 saturated carbocycles. The highest BCUT2D eigenvalue weighted by atomic mass is 16.5. The summed E-state index contributed by atoms with van der Waals surface area (Å²) in [5.41, 5.74) is 1.37. The maximum absolute atomic E-state index is 13.0. The second kappa shape index (κ2) is 9.47. The summed E-state index contributed by atoms with van der Waals surface area (Å²) in [5, 5.41) is 8.74. The summed E-state index contributed by atoms with van der Waals surface area (Å²) in [5.74, 6) is 4.66. The number of benzene rings is 1. The first kappa shape index (κ1) is 22.7. The lowest BCUT2D eigenvalue weighted by atomic mass is 10.2. The molecule has 1 amide bonds. The van der Waals surface area contributed by atoms with Gasteiger partial charge in [-0.25, -0.2) is 29.8 Å². The van der Waals surface area contributed by atoms with Gasteiger partial charge in [0.2, 0.25) is 0 Å². The van der Waals surface area contributed by atoms with Crippen LogP contribution in [-0.2, 0) is 17.9 Å². The molecule has 0 unspecified atom stereocenters. The third-order valence-corrected chi connectivity index (χ3v) is 4.71. The molecule has 12 nitrogen and oxygen atoms in total. The number of fused-ring (bicyclic) bond motifs is 1. The van der Waals surface area contributed by atoms with Crippen LogP contribution in [0, 0.1) is 0 Å². The predicted molar refractivity (Wildman–Crippen MR) is 116 cm³/mol. The quantitative estimate of drug-likeness (QED) is 0.260. The van der Waals surface area contributed by atoms with Gasteiger partial charge in [0.25, 0.3) is 5.56 Å². The van der Waals surface area contributed by atoms with Gasteiger partial charge in [-0.05, 0) is 37.1 Å². The normalized spacial score (nSPS) is 11.0. The zero-order valence-corrected chi connectivity index (χ0v) is 17.7. The minimum absolute atomic E-state index is 0.0312. The monoisotopic (exact) mass is 444 g/mol. The van der Waals surface area contributed by atoms with Gasteiger partial charge in [0, 0.05) is 18.7 Å². The average molecular weight is 444 g/mol. The van der Waals surface area contributed by atoms with Crippen molar-refractivity contribution in [2.45, 2.75) is 39.8 Å². The van der Waals surface area contributed by atoms with Crippen molar-refractivity contribution in [2.24, 2.45) is 5.84 Å². The number of rotatable bonds is 8. The molecular formula is C20H24N6O6. The van der Waals surface area contributed by atoms with Crippen molar-refractivity contribution in [1.82, 2.24) is 24.1 Å². The number of hydrazine groups is 1. The Morgan fingerprint density at radius 1 is 1.09 bits per heavy atom. The Bertz CT molecular complexity index is 1270. The lowest BCUT2D eigenvalue weighted by molar-refractivity contribution is -0.139. The van der Waals surface area contributed by atoms with Gasteiger partial charge < -0.3 is 9.84 Å². The van der Waals surface area contributed by atoms with E-state index in [0.29, 0.717) is 24.2 Å². The molecule has 0 aliphatic rings. The lowest BCUT2D eigenvalue weighted by Crippen LogP contribution is -2.42. The summed E-state index contributed by atoms with van der Waals surface area (Å²) in [4.78, 5) is 53.8. The fourth-order valence-electron chi connectivity index (χ4n) is 3.40. The number of nitrogen functional groups attached to an aromatic ring is 1. The molecule has 170 valence electrons. The Labute approximate surface area is 181 Å². The fourth-order valence-corrected chi connectivity index (χ4v) is 3.40. The van der Waals surface area contributed by atoms with E-state index in [1.54, 1.807) is 12.1 Å². The Morgan fingerprint density at radius 3 is 2.28 bits per heavy atom. The average Bonchev–Trinajstić information content (AvgIpc) is 3.18. The zero-order valence-electron chi connectivity index (χ0n) is 17.7. The zero-order chi connectivity index (χ0) is 23.4. The largest absolute Gasteiger partial charge is 0.482 e. The number of hydrogen-bond donors (Lipinski definition) is 3. The van der Waals surface area contributed by atoms with Crippen LogP contribution in [0.15, 0.2) is 33.9 Å². The van der Waals surface area contributed by atoms with Crippen molar-refractivity contribution in [3.63, 3.8) is 0 Å². The highest BCUT2D eigenvalue weighted by Crippen LogP contribution is 2.25. The topological polar surface area (TPSA) is 163 Å². The molecule has 3 aromatic rings. The van der Waals surface area contributed by atoms with Gasteiger partial charge in [0.15, 0.2) is 23.6 Å². The summed E-state index contributed by atoms with van der Waals surface area (Å²) in [7, 11) is 0. The van der Waals surface area contributed by atoms with Crippen LogP contribution in [0.3, 0.4) is 0 Å². The van der Waals surface area contributed by atoms with E-state index in [4.69, 9.17) is 15.7 Å². The third-order valence-electron chi connectivity index (χ3n) is 4.71. The predicted octanol–water partition coefficient (Wildman–Crippen LogP) is 0.742. The first-order valence-corrected chi connectivity index (χ1v) is 10.1. The molecule has 0 atom stereocenters. The molecule has 0 saturated heterocycles. The van der Waals surface area contributed by atoms with Crippen LogP contribution in [0.25, 0.3) is 22.6 Å². The number of carbonyl (C=O) groups excluding carboxylic acids is 1. The number of hydrogen-bond acceptors (Lipinski definition) is 7. The fraction of sp³-hybridized carbons (Fsp3) is 0.350.